The lowest BCUT2D eigenvalue weighted by atomic mass is 9.89. The van der Waals surface area contributed by atoms with Crippen LogP contribution < -0.4 is 5.32 Å². The SMILES string of the molecule is CN(C)CCCN(C)CCC1CC2CCC(C1)N2. The fourth-order valence-corrected chi connectivity index (χ4v) is 3.58. The van der Waals surface area contributed by atoms with Crippen LogP contribution in [0.3, 0.4) is 0 Å². The van der Waals surface area contributed by atoms with Crippen molar-refractivity contribution in [2.24, 2.45) is 5.92 Å². The van der Waals surface area contributed by atoms with Crippen LogP contribution in [0.1, 0.15) is 38.5 Å². The average Bonchev–Trinajstić information content (AvgIpc) is 2.65. The molecule has 0 saturated carbocycles. The Morgan fingerprint density at radius 1 is 0.944 bits per heavy atom. The van der Waals surface area contributed by atoms with Crippen LogP contribution in [-0.4, -0.2) is 62.7 Å². The van der Waals surface area contributed by atoms with E-state index in [0.29, 0.717) is 0 Å². The smallest absolute Gasteiger partial charge is 0.00728 e. The second kappa shape index (κ2) is 6.88. The molecule has 0 aromatic heterocycles. The number of hydrogen-bond donors (Lipinski definition) is 1. The highest BCUT2D eigenvalue weighted by Crippen LogP contribution is 2.32. The maximum atomic E-state index is 3.74. The lowest BCUT2D eigenvalue weighted by Gasteiger charge is -2.30. The molecule has 3 heteroatoms. The summed E-state index contributed by atoms with van der Waals surface area (Å²) in [7, 11) is 6.60. The molecule has 2 heterocycles. The van der Waals surface area contributed by atoms with Gasteiger partial charge in [0.25, 0.3) is 0 Å². The molecule has 2 saturated heterocycles. The minimum atomic E-state index is 0.854. The Kier molecular flexibility index (Phi) is 5.46. The van der Waals surface area contributed by atoms with Gasteiger partial charge in [0, 0.05) is 12.1 Å². The molecule has 0 aromatic rings. The van der Waals surface area contributed by atoms with E-state index >= 15 is 0 Å². The zero-order chi connectivity index (χ0) is 13.0. The molecule has 3 nitrogen and oxygen atoms in total. The van der Waals surface area contributed by atoms with Crippen molar-refractivity contribution in [1.82, 2.24) is 15.1 Å². The fourth-order valence-electron chi connectivity index (χ4n) is 3.58. The van der Waals surface area contributed by atoms with Gasteiger partial charge >= 0.3 is 0 Å². The summed E-state index contributed by atoms with van der Waals surface area (Å²) in [5.74, 6) is 0.986. The van der Waals surface area contributed by atoms with Crippen molar-refractivity contribution >= 4 is 0 Å². The first-order chi connectivity index (χ1) is 8.63. The molecule has 0 amide bonds. The molecule has 0 aromatic carbocycles. The summed E-state index contributed by atoms with van der Waals surface area (Å²) in [6, 6.07) is 1.71. The zero-order valence-electron chi connectivity index (χ0n) is 12.5. The standard InChI is InChI=1S/C15H31N3/c1-17(2)8-4-9-18(3)10-7-13-11-14-5-6-15(12-13)16-14/h13-16H,4-12H2,1-3H3. The van der Waals surface area contributed by atoms with Crippen molar-refractivity contribution < 1.29 is 0 Å². The molecule has 0 spiro atoms. The quantitative estimate of drug-likeness (QED) is 0.746. The van der Waals surface area contributed by atoms with Crippen LogP contribution in [0.15, 0.2) is 0 Å². The normalized spacial score (nSPS) is 31.5. The first-order valence-corrected chi connectivity index (χ1v) is 7.73. The predicted octanol–water partition coefficient (Wildman–Crippen LogP) is 1.79. The third kappa shape index (κ3) is 4.52. The Hall–Kier alpha value is -0.120. The Balaban J connectivity index is 1.57. The minimum absolute atomic E-state index is 0.854. The van der Waals surface area contributed by atoms with E-state index in [-0.39, 0.29) is 0 Å². The monoisotopic (exact) mass is 253 g/mol. The van der Waals surface area contributed by atoms with Crippen LogP contribution in [0, 0.1) is 5.92 Å². The molecule has 1 N–H and O–H groups in total. The molecule has 2 fully saturated rings. The van der Waals surface area contributed by atoms with Gasteiger partial charge in [0.05, 0.1) is 0 Å². The Morgan fingerprint density at radius 3 is 2.22 bits per heavy atom. The first kappa shape index (κ1) is 14.3. The van der Waals surface area contributed by atoms with Crippen molar-refractivity contribution in [3.05, 3.63) is 0 Å². The highest BCUT2D eigenvalue weighted by molar-refractivity contribution is 4.91. The number of fused-ring (bicyclic) bond motifs is 2. The van der Waals surface area contributed by atoms with Crippen LogP contribution in [-0.2, 0) is 0 Å². The van der Waals surface area contributed by atoms with E-state index < -0.39 is 0 Å². The maximum absolute atomic E-state index is 3.74. The Morgan fingerprint density at radius 2 is 1.61 bits per heavy atom. The lowest BCUT2D eigenvalue weighted by Crippen LogP contribution is -2.39. The molecule has 2 rings (SSSR count). The highest BCUT2D eigenvalue weighted by Gasteiger charge is 2.32. The summed E-state index contributed by atoms with van der Waals surface area (Å²) in [6.07, 6.45) is 8.43. The van der Waals surface area contributed by atoms with E-state index in [4.69, 9.17) is 0 Å². The molecule has 2 aliphatic heterocycles. The van der Waals surface area contributed by atoms with Gasteiger partial charge in [0.2, 0.25) is 0 Å². The van der Waals surface area contributed by atoms with Gasteiger partial charge in [-0.15, -0.1) is 0 Å². The van der Waals surface area contributed by atoms with Crippen molar-refractivity contribution in [3.63, 3.8) is 0 Å². The molecule has 2 atom stereocenters. The van der Waals surface area contributed by atoms with Crippen LogP contribution >= 0.6 is 0 Å². The molecular formula is C15H31N3. The van der Waals surface area contributed by atoms with Gasteiger partial charge in [0.15, 0.2) is 0 Å². The topological polar surface area (TPSA) is 18.5 Å². The van der Waals surface area contributed by atoms with E-state index in [0.717, 1.165) is 18.0 Å². The van der Waals surface area contributed by atoms with Gasteiger partial charge < -0.3 is 15.1 Å². The second-order valence-electron chi connectivity index (χ2n) is 6.72. The van der Waals surface area contributed by atoms with Crippen LogP contribution in [0.4, 0.5) is 0 Å². The van der Waals surface area contributed by atoms with Gasteiger partial charge in [-0.25, -0.2) is 0 Å². The van der Waals surface area contributed by atoms with Crippen LogP contribution in [0.5, 0.6) is 0 Å². The Bertz CT molecular complexity index is 230. The summed E-state index contributed by atoms with van der Waals surface area (Å²) < 4.78 is 0. The third-order valence-corrected chi connectivity index (χ3v) is 4.63. The van der Waals surface area contributed by atoms with E-state index in [1.807, 2.05) is 0 Å². The van der Waals surface area contributed by atoms with Gasteiger partial charge in [-0.1, -0.05) is 0 Å². The lowest BCUT2D eigenvalue weighted by molar-refractivity contribution is 0.235. The molecular weight excluding hydrogens is 222 g/mol. The molecule has 2 aliphatic rings. The fraction of sp³-hybridized carbons (Fsp3) is 1.00. The van der Waals surface area contributed by atoms with Crippen LogP contribution in [0.25, 0.3) is 0 Å². The highest BCUT2D eigenvalue weighted by atomic mass is 15.1. The number of rotatable bonds is 7. The number of nitrogens with zero attached hydrogens (tertiary/aromatic N) is 2. The molecule has 18 heavy (non-hydrogen) atoms. The molecule has 106 valence electrons. The second-order valence-corrected chi connectivity index (χ2v) is 6.72. The van der Waals surface area contributed by atoms with Crippen molar-refractivity contribution in [3.8, 4) is 0 Å². The van der Waals surface area contributed by atoms with Crippen LogP contribution in [0.2, 0.25) is 0 Å². The van der Waals surface area contributed by atoms with E-state index in [9.17, 15) is 0 Å². The molecule has 2 unspecified atom stereocenters. The largest absolute Gasteiger partial charge is 0.311 e. The molecule has 0 aliphatic carbocycles. The Labute approximate surface area is 113 Å². The van der Waals surface area contributed by atoms with Gasteiger partial charge in [-0.05, 0) is 85.2 Å². The first-order valence-electron chi connectivity index (χ1n) is 7.73. The summed E-state index contributed by atoms with van der Waals surface area (Å²) in [6.45, 7) is 3.75. The number of hydrogen-bond acceptors (Lipinski definition) is 3. The maximum Gasteiger partial charge on any atom is 0.00728 e. The van der Waals surface area contributed by atoms with Gasteiger partial charge in [0.1, 0.15) is 0 Å². The van der Waals surface area contributed by atoms with Crippen molar-refractivity contribution in [2.45, 2.75) is 50.6 Å². The minimum Gasteiger partial charge on any atom is -0.311 e. The van der Waals surface area contributed by atoms with E-state index in [1.165, 1.54) is 58.2 Å². The summed E-state index contributed by atoms with van der Waals surface area (Å²) in [4.78, 5) is 4.80. The predicted molar refractivity (Wildman–Crippen MR) is 78.0 cm³/mol. The van der Waals surface area contributed by atoms with Crippen molar-refractivity contribution in [2.75, 3.05) is 40.8 Å². The average molecular weight is 253 g/mol. The summed E-state index contributed by atoms with van der Waals surface area (Å²) in [5, 5.41) is 3.74. The van der Waals surface area contributed by atoms with Gasteiger partial charge in [-0.3, -0.25) is 0 Å². The van der Waals surface area contributed by atoms with Gasteiger partial charge in [-0.2, -0.15) is 0 Å². The number of piperidine rings is 1. The number of nitrogens with one attached hydrogen (secondary N) is 1. The van der Waals surface area contributed by atoms with E-state index in [2.05, 4.69) is 36.3 Å². The van der Waals surface area contributed by atoms with Crippen molar-refractivity contribution in [1.29, 1.82) is 0 Å². The summed E-state index contributed by atoms with van der Waals surface area (Å²) >= 11 is 0. The van der Waals surface area contributed by atoms with E-state index in [1.54, 1.807) is 0 Å². The molecule has 0 radical (unpaired) electrons. The zero-order valence-corrected chi connectivity index (χ0v) is 12.5. The summed E-state index contributed by atoms with van der Waals surface area (Å²) in [5.41, 5.74) is 0. The third-order valence-electron chi connectivity index (χ3n) is 4.63. The molecule has 2 bridgehead atoms.